The number of nitrogens with zero attached hydrogens (tertiary/aromatic N) is 12. The van der Waals surface area contributed by atoms with Gasteiger partial charge in [-0.25, -0.2) is 29.0 Å². The van der Waals surface area contributed by atoms with Gasteiger partial charge < -0.3 is 98.9 Å². The lowest BCUT2D eigenvalue weighted by atomic mass is 9.97. The number of hydrogen-bond donors (Lipinski definition) is 14. The van der Waals surface area contributed by atoms with Crippen LogP contribution in [-0.2, 0) is 63.0 Å². The molecule has 3 aliphatic heterocycles. The van der Waals surface area contributed by atoms with Gasteiger partial charge in [-0.1, -0.05) is 15.6 Å². The maximum Gasteiger partial charge on any atom is 0.224 e. The van der Waals surface area contributed by atoms with Gasteiger partial charge in [-0.2, -0.15) is 0 Å². The second-order valence-electron chi connectivity index (χ2n) is 14.3. The number of aliphatic hydroxyl groups is 8. The van der Waals surface area contributed by atoms with Crippen LogP contribution in [0.25, 0.3) is 0 Å². The molecule has 3 aromatic rings. The molecule has 14 atom stereocenters. The Morgan fingerprint density at radius 1 is 0.574 bits per heavy atom. The van der Waals surface area contributed by atoms with Crippen LogP contribution in [0.5, 0.6) is 0 Å². The Bertz CT molecular complexity index is 1990. The molecule has 31 heteroatoms. The van der Waals surface area contributed by atoms with E-state index in [1.54, 1.807) is 0 Å². The molecule has 1 unspecified atom stereocenters. The number of nitrogens with two attached hydrogens (primary N) is 6. The first-order valence-corrected chi connectivity index (χ1v) is 18.5. The first-order chi connectivity index (χ1) is 29.0. The average molecular weight is 871 g/mol. The molecule has 0 saturated carbocycles. The highest BCUT2D eigenvalue weighted by Gasteiger charge is 2.61. The van der Waals surface area contributed by atoms with Gasteiger partial charge in [0.05, 0.1) is 57.9 Å². The summed E-state index contributed by atoms with van der Waals surface area (Å²) in [5.41, 5.74) is 33.4. The van der Waals surface area contributed by atoms with E-state index in [4.69, 9.17) is 58.1 Å². The van der Waals surface area contributed by atoms with Crippen molar-refractivity contribution < 1.29 is 64.5 Å². The summed E-state index contributed by atoms with van der Waals surface area (Å²) in [6, 6.07) is 0. The highest BCUT2D eigenvalue weighted by Crippen LogP contribution is 2.40. The molecule has 0 aromatic carbocycles. The molecule has 0 spiro atoms. The minimum Gasteiger partial charge on any atom is -0.391 e. The van der Waals surface area contributed by atoms with E-state index in [1.165, 1.54) is 32.6 Å². The molecule has 6 rings (SSSR count). The second-order valence-corrected chi connectivity index (χ2v) is 14.3. The maximum atomic E-state index is 11.8. The Balaban J connectivity index is 1.26. The van der Waals surface area contributed by atoms with Crippen LogP contribution in [0, 0.1) is 0 Å². The van der Waals surface area contributed by atoms with E-state index in [9.17, 15) is 40.9 Å². The largest absolute Gasteiger partial charge is 0.391 e. The van der Waals surface area contributed by atoms with Gasteiger partial charge in [-0.15, -0.1) is 15.3 Å². The van der Waals surface area contributed by atoms with Gasteiger partial charge in [0.15, 0.2) is 30.5 Å². The highest BCUT2D eigenvalue weighted by molar-refractivity contribution is 5.76. The molecule has 0 radical (unpaired) electrons. The third-order valence-corrected chi connectivity index (χ3v) is 9.76. The number of rotatable bonds is 17. The van der Waals surface area contributed by atoms with Crippen LogP contribution in [0.3, 0.4) is 0 Å². The van der Waals surface area contributed by atoms with Crippen molar-refractivity contribution in [1.82, 2.24) is 45.0 Å². The van der Waals surface area contributed by atoms with Crippen LogP contribution in [0.1, 0.15) is 17.1 Å². The summed E-state index contributed by atoms with van der Waals surface area (Å²) in [5.74, 6) is -3.10. The number of aliphatic imine (C=N–C) groups is 3. The van der Waals surface area contributed by atoms with Crippen LogP contribution in [0.4, 0.5) is 0 Å². The van der Waals surface area contributed by atoms with Crippen LogP contribution in [0.15, 0.2) is 33.6 Å². The first-order valence-electron chi connectivity index (χ1n) is 18.5. The normalized spacial score (nSPS) is 33.9. The molecule has 3 fully saturated rings. The van der Waals surface area contributed by atoms with Crippen molar-refractivity contribution in [2.75, 3.05) is 6.61 Å². The van der Waals surface area contributed by atoms with Crippen LogP contribution >= 0.6 is 0 Å². The zero-order valence-electron chi connectivity index (χ0n) is 32.1. The van der Waals surface area contributed by atoms with Crippen molar-refractivity contribution in [2.45, 2.75) is 125 Å². The lowest BCUT2D eigenvalue weighted by Crippen LogP contribution is -2.64. The monoisotopic (exact) mass is 870 g/mol. The smallest absolute Gasteiger partial charge is 0.224 e. The summed E-state index contributed by atoms with van der Waals surface area (Å²) < 4.78 is 33.9. The summed E-state index contributed by atoms with van der Waals surface area (Å²) in [7, 11) is 0. The molecular formula is C30H50N18O13. The number of guanidine groups is 3. The Morgan fingerprint density at radius 2 is 0.967 bits per heavy atom. The zero-order chi connectivity index (χ0) is 44.2. The summed E-state index contributed by atoms with van der Waals surface area (Å²) in [6.07, 6.45) is -18.5. The highest BCUT2D eigenvalue weighted by atomic mass is 16.8. The van der Waals surface area contributed by atoms with Crippen molar-refractivity contribution in [3.8, 4) is 0 Å². The van der Waals surface area contributed by atoms with Gasteiger partial charge in [-0.3, -0.25) is 0 Å². The van der Waals surface area contributed by atoms with Gasteiger partial charge in [0.1, 0.15) is 90.8 Å². The van der Waals surface area contributed by atoms with Gasteiger partial charge in [0.2, 0.25) is 5.79 Å². The SMILES string of the molecule is NC(N)=NCc1cn(C[C@H]2O[C@H](O[C@]3(CO)O[C@H](Cn4cc(CN=C(N)N)nn4)[C@@H](O)C3O[C@H]3O[C@H](Cn4cc(CN=C(N)N)nn4)[C@@H](O)[C@H](O)[C@H]3O)[C@H](O)[C@@H](O)[C@@H]2O)nn1. The van der Waals surface area contributed by atoms with Crippen LogP contribution < -0.4 is 34.4 Å². The van der Waals surface area contributed by atoms with Crippen LogP contribution in [-0.4, -0.2) is 196 Å². The van der Waals surface area contributed by atoms with E-state index < -0.39 is 92.1 Å². The molecular weight excluding hydrogens is 820 g/mol. The predicted molar refractivity (Wildman–Crippen MR) is 199 cm³/mol. The lowest BCUT2D eigenvalue weighted by Gasteiger charge is -2.45. The van der Waals surface area contributed by atoms with Crippen molar-refractivity contribution in [3.05, 3.63) is 35.7 Å². The van der Waals surface area contributed by atoms with E-state index in [2.05, 4.69) is 45.9 Å². The predicted octanol–water partition coefficient (Wildman–Crippen LogP) is -10.4. The van der Waals surface area contributed by atoms with Gasteiger partial charge >= 0.3 is 0 Å². The molecule has 3 saturated heterocycles. The Labute approximate surface area is 343 Å². The van der Waals surface area contributed by atoms with Crippen molar-refractivity contribution in [1.29, 1.82) is 0 Å². The van der Waals surface area contributed by atoms with E-state index in [-0.39, 0.29) is 57.1 Å². The summed E-state index contributed by atoms with van der Waals surface area (Å²) in [6.45, 7) is -2.04. The number of aliphatic hydroxyl groups excluding tert-OH is 8. The molecule has 3 aromatic heterocycles. The third-order valence-electron chi connectivity index (χ3n) is 9.76. The average Bonchev–Trinajstić information content (AvgIpc) is 4.03. The van der Waals surface area contributed by atoms with Crippen molar-refractivity contribution in [3.63, 3.8) is 0 Å². The molecule has 61 heavy (non-hydrogen) atoms. The fourth-order valence-corrected chi connectivity index (χ4v) is 6.69. The van der Waals surface area contributed by atoms with Gasteiger partial charge in [0, 0.05) is 0 Å². The number of aromatic nitrogens is 9. The zero-order valence-corrected chi connectivity index (χ0v) is 32.1. The molecule has 0 amide bonds. The minimum atomic E-state index is -2.53. The standard InChI is InChI=1S/C30H50N18O13/c31-27(32)37-1-11-4-46(43-40-11)7-14-17(50)20(53)22(55)25(57-14)59-24-19(52)16(9-48-6-13(42-45-48)3-39-29(35)36)60-30(24,10-49)61-26-23(56)21(54)18(51)15(58-26)8-47-5-12(41-44-47)2-38-28(33)34/h4-6,14-26,49-56H,1-3,7-10H2,(H4,31,32,37)(H4,33,34,38)(H4,35,36,39)/t14-,15-,16-,17-,18-,19-,20+,21+,22-,23-,24?,25-,26-,30+/m1/s1. The lowest BCUT2D eigenvalue weighted by molar-refractivity contribution is -0.399. The second kappa shape index (κ2) is 19.2. The summed E-state index contributed by atoms with van der Waals surface area (Å²) in [4.78, 5) is 11.6. The molecule has 6 heterocycles. The fourth-order valence-electron chi connectivity index (χ4n) is 6.69. The molecule has 0 bridgehead atoms. The van der Waals surface area contributed by atoms with E-state index >= 15 is 0 Å². The van der Waals surface area contributed by atoms with Crippen molar-refractivity contribution in [2.24, 2.45) is 49.4 Å². The van der Waals surface area contributed by atoms with E-state index in [0.29, 0.717) is 17.1 Å². The van der Waals surface area contributed by atoms with E-state index in [1.807, 2.05) is 0 Å². The molecule has 31 nitrogen and oxygen atoms in total. The van der Waals surface area contributed by atoms with Gasteiger partial charge in [-0.05, 0) is 0 Å². The Kier molecular flexibility index (Phi) is 14.2. The molecule has 3 aliphatic rings. The van der Waals surface area contributed by atoms with Crippen LogP contribution in [0.2, 0.25) is 0 Å². The Morgan fingerprint density at radius 3 is 1.38 bits per heavy atom. The summed E-state index contributed by atoms with van der Waals surface area (Å²) >= 11 is 0. The maximum absolute atomic E-state index is 11.8. The molecule has 338 valence electrons. The topological polar surface area (TPSA) is 493 Å². The summed E-state index contributed by atoms with van der Waals surface area (Å²) in [5, 5.41) is 112. The third kappa shape index (κ3) is 10.6. The Hall–Kier alpha value is -5.29. The van der Waals surface area contributed by atoms with E-state index in [0.717, 1.165) is 0 Å². The molecule has 0 aliphatic carbocycles. The number of hydrogen-bond acceptors (Lipinski definition) is 22. The van der Waals surface area contributed by atoms with Gasteiger partial charge in [0.25, 0.3) is 0 Å². The quantitative estimate of drug-likeness (QED) is 0.0442. The minimum absolute atomic E-state index is 0.0160. The molecule has 20 N–H and O–H groups in total. The van der Waals surface area contributed by atoms with Crippen molar-refractivity contribution >= 4 is 17.9 Å². The first kappa shape index (κ1) is 45.2. The number of ether oxygens (including phenoxy) is 5. The fraction of sp³-hybridized carbons (Fsp3) is 0.700.